The fraction of sp³-hybridized carbons (Fsp3) is 0.600. The highest BCUT2D eigenvalue weighted by Crippen LogP contribution is 2.94. The zero-order valence-corrected chi connectivity index (χ0v) is 9.26. The number of benzene rings is 1. The van der Waals surface area contributed by atoms with Crippen LogP contribution in [0.3, 0.4) is 0 Å². The van der Waals surface area contributed by atoms with E-state index < -0.39 is 0 Å². The van der Waals surface area contributed by atoms with Crippen LogP contribution in [0.15, 0.2) is 18.2 Å². The Bertz CT molecular complexity index is 528. The van der Waals surface area contributed by atoms with Crippen molar-refractivity contribution >= 4 is 0 Å². The highest BCUT2D eigenvalue weighted by molar-refractivity contribution is 5.59. The van der Waals surface area contributed by atoms with Crippen molar-refractivity contribution in [2.75, 3.05) is 7.11 Å². The first kappa shape index (κ1) is 7.37. The maximum atomic E-state index is 5.59. The molecule has 1 aromatic carbocycles. The van der Waals surface area contributed by atoms with E-state index in [0.717, 1.165) is 41.4 Å². The lowest BCUT2D eigenvalue weighted by Crippen LogP contribution is -2.87. The number of ether oxygens (including phenoxy) is 1. The van der Waals surface area contributed by atoms with Gasteiger partial charge in [0.1, 0.15) is 5.75 Å². The van der Waals surface area contributed by atoms with E-state index in [9.17, 15) is 0 Å². The number of hydrogen-bond acceptors (Lipinski definition) is 1. The Hall–Kier alpha value is -0.980. The largest absolute Gasteiger partial charge is 0.496 e. The van der Waals surface area contributed by atoms with E-state index in [1.807, 2.05) is 7.11 Å². The third-order valence-corrected chi connectivity index (χ3v) is 6.78. The molecule has 1 heteroatoms. The van der Waals surface area contributed by atoms with Gasteiger partial charge in [-0.25, -0.2) is 0 Å². The van der Waals surface area contributed by atoms with Gasteiger partial charge >= 0.3 is 0 Å². The summed E-state index contributed by atoms with van der Waals surface area (Å²) in [7, 11) is 1.83. The van der Waals surface area contributed by atoms with Crippen molar-refractivity contribution in [3.8, 4) is 5.75 Å². The quantitative estimate of drug-likeness (QED) is 0.692. The molecule has 2 bridgehead atoms. The van der Waals surface area contributed by atoms with E-state index in [4.69, 9.17) is 4.74 Å². The SMILES string of the molecule is COc1cccc2c1C1[C@@H]3C4C5[C@@H](C2[C@@H]53)[C@@H]14. The highest BCUT2D eigenvalue weighted by atomic mass is 16.5. The fourth-order valence-electron chi connectivity index (χ4n) is 6.60. The standard InChI is InChI=1S/C15H14O/c1-16-6-4-2-3-5-7(6)9-12-10-8(5)11-13(9)15(12)14(10)11/h2-4,8-15H,1H3/t8?,9?,10-,11+,12+,13-,14?,15?. The Balaban J connectivity index is 1.69. The topological polar surface area (TPSA) is 9.23 Å². The Kier molecular flexibility index (Phi) is 0.843. The van der Waals surface area contributed by atoms with Crippen molar-refractivity contribution in [2.24, 2.45) is 35.5 Å². The van der Waals surface area contributed by atoms with E-state index in [1.165, 1.54) is 11.7 Å². The van der Waals surface area contributed by atoms with Crippen LogP contribution in [0, 0.1) is 35.5 Å². The summed E-state index contributed by atoms with van der Waals surface area (Å²) >= 11 is 0. The molecule has 80 valence electrons. The van der Waals surface area contributed by atoms with Crippen molar-refractivity contribution in [2.45, 2.75) is 11.8 Å². The van der Waals surface area contributed by atoms with Gasteiger partial charge < -0.3 is 4.74 Å². The average Bonchev–Trinajstić information content (AvgIpc) is 2.29. The molecule has 4 fully saturated rings. The van der Waals surface area contributed by atoms with Gasteiger partial charge in [-0.15, -0.1) is 0 Å². The van der Waals surface area contributed by atoms with Crippen LogP contribution in [0.5, 0.6) is 5.75 Å². The summed E-state index contributed by atoms with van der Waals surface area (Å²) in [5.41, 5.74) is 3.29. The molecule has 8 atom stereocenters. The van der Waals surface area contributed by atoms with Crippen LogP contribution in [0.4, 0.5) is 0 Å². The van der Waals surface area contributed by atoms with Crippen molar-refractivity contribution < 1.29 is 4.74 Å². The molecule has 0 amide bonds. The molecule has 0 heterocycles. The fourth-order valence-corrected chi connectivity index (χ4v) is 6.60. The molecule has 0 aliphatic heterocycles. The minimum atomic E-state index is 0.904. The van der Waals surface area contributed by atoms with Crippen LogP contribution < -0.4 is 4.74 Å². The molecule has 0 N–H and O–H groups in total. The zero-order chi connectivity index (χ0) is 10.2. The van der Waals surface area contributed by atoms with E-state index in [2.05, 4.69) is 18.2 Å². The summed E-state index contributed by atoms with van der Waals surface area (Å²) in [6.07, 6.45) is 0. The van der Waals surface area contributed by atoms with Gasteiger partial charge in [0.15, 0.2) is 0 Å². The smallest absolute Gasteiger partial charge is 0.122 e. The molecule has 6 aliphatic carbocycles. The van der Waals surface area contributed by atoms with E-state index in [1.54, 1.807) is 11.1 Å². The number of rotatable bonds is 1. The van der Waals surface area contributed by atoms with Gasteiger partial charge in [0.25, 0.3) is 0 Å². The molecular formula is C15H14O. The van der Waals surface area contributed by atoms with Gasteiger partial charge in [0.05, 0.1) is 7.11 Å². The van der Waals surface area contributed by atoms with Crippen LogP contribution in [0.1, 0.15) is 23.0 Å². The summed E-state index contributed by atoms with van der Waals surface area (Å²) in [6, 6.07) is 6.74. The average molecular weight is 210 g/mol. The van der Waals surface area contributed by atoms with E-state index >= 15 is 0 Å². The third kappa shape index (κ3) is 0.419. The summed E-state index contributed by atoms with van der Waals surface area (Å²) in [5, 5.41) is 0. The molecule has 0 radical (unpaired) electrons. The molecule has 4 saturated carbocycles. The minimum Gasteiger partial charge on any atom is -0.496 e. The molecule has 6 aliphatic rings. The predicted molar refractivity (Wildman–Crippen MR) is 59.4 cm³/mol. The van der Waals surface area contributed by atoms with Gasteiger partial charge in [-0.05, 0) is 59.0 Å². The zero-order valence-electron chi connectivity index (χ0n) is 9.26. The van der Waals surface area contributed by atoms with Crippen LogP contribution in [-0.2, 0) is 0 Å². The van der Waals surface area contributed by atoms with Crippen LogP contribution in [-0.4, -0.2) is 7.11 Å². The van der Waals surface area contributed by atoms with Crippen molar-refractivity contribution in [1.82, 2.24) is 0 Å². The number of methoxy groups -OCH3 is 1. The lowest BCUT2D eigenvalue weighted by molar-refractivity contribution is -0.407. The van der Waals surface area contributed by atoms with Crippen molar-refractivity contribution in [1.29, 1.82) is 0 Å². The number of hydrogen-bond donors (Lipinski definition) is 0. The molecule has 1 nitrogen and oxygen atoms in total. The first-order valence-electron chi connectivity index (χ1n) is 6.60. The Morgan fingerprint density at radius 3 is 2.25 bits per heavy atom. The molecule has 0 spiro atoms. The normalized spacial score (nSPS) is 59.6. The van der Waals surface area contributed by atoms with Gasteiger partial charge in [-0.1, -0.05) is 12.1 Å². The molecule has 1 aromatic rings. The van der Waals surface area contributed by atoms with E-state index in [0.29, 0.717) is 0 Å². The summed E-state index contributed by atoms with van der Waals surface area (Å²) in [6.45, 7) is 0. The van der Waals surface area contributed by atoms with Crippen LogP contribution in [0.25, 0.3) is 0 Å². The van der Waals surface area contributed by atoms with Gasteiger partial charge in [-0.3, -0.25) is 0 Å². The Labute approximate surface area is 94.8 Å². The van der Waals surface area contributed by atoms with Crippen LogP contribution >= 0.6 is 0 Å². The van der Waals surface area contributed by atoms with Crippen molar-refractivity contribution in [3.05, 3.63) is 29.3 Å². The summed E-state index contributed by atoms with van der Waals surface area (Å²) in [5.74, 6) is 9.72. The predicted octanol–water partition coefficient (Wildman–Crippen LogP) is 2.63. The van der Waals surface area contributed by atoms with Crippen LogP contribution in [0.2, 0.25) is 0 Å². The monoisotopic (exact) mass is 210 g/mol. The second-order valence-electron chi connectivity index (χ2n) is 6.48. The minimum absolute atomic E-state index is 0.904. The molecule has 16 heavy (non-hydrogen) atoms. The van der Waals surface area contributed by atoms with Gasteiger partial charge in [0.2, 0.25) is 0 Å². The van der Waals surface area contributed by atoms with Gasteiger partial charge in [0, 0.05) is 5.56 Å². The summed E-state index contributed by atoms with van der Waals surface area (Å²) in [4.78, 5) is 0. The van der Waals surface area contributed by atoms with Gasteiger partial charge in [-0.2, -0.15) is 0 Å². The summed E-state index contributed by atoms with van der Waals surface area (Å²) < 4.78 is 5.59. The maximum Gasteiger partial charge on any atom is 0.122 e. The first-order chi connectivity index (χ1) is 7.93. The van der Waals surface area contributed by atoms with Crippen molar-refractivity contribution in [3.63, 3.8) is 0 Å². The molecule has 0 saturated heterocycles. The second kappa shape index (κ2) is 1.83. The maximum absolute atomic E-state index is 5.59. The van der Waals surface area contributed by atoms with E-state index in [-0.39, 0.29) is 0 Å². The second-order valence-corrected chi connectivity index (χ2v) is 6.48. The highest BCUT2D eigenvalue weighted by Gasteiger charge is 2.89. The molecular weight excluding hydrogens is 196 g/mol. The lowest BCUT2D eigenvalue weighted by Gasteiger charge is -2.92. The third-order valence-electron chi connectivity index (χ3n) is 6.78. The Morgan fingerprint density at radius 1 is 0.875 bits per heavy atom. The first-order valence-corrected chi connectivity index (χ1v) is 6.60. The lowest BCUT2D eigenvalue weighted by atomic mass is 9.11. The molecule has 7 rings (SSSR count). The Morgan fingerprint density at radius 2 is 1.56 bits per heavy atom. The molecule has 0 aromatic heterocycles. The molecule has 4 unspecified atom stereocenters.